The molecule has 1 saturated carbocycles. The summed E-state index contributed by atoms with van der Waals surface area (Å²) in [5, 5.41) is 6.84. The molecule has 1 aliphatic carbocycles. The average Bonchev–Trinajstić information content (AvgIpc) is 2.52. The van der Waals surface area contributed by atoms with E-state index in [1.807, 2.05) is 18.2 Å². The number of hydrogen-bond donors (Lipinski definition) is 2. The topological polar surface area (TPSA) is 58.5 Å². The highest BCUT2D eigenvalue weighted by Crippen LogP contribution is 2.51. The van der Waals surface area contributed by atoms with E-state index < -0.39 is 0 Å². The number of ether oxygens (including phenoxy) is 1. The summed E-state index contributed by atoms with van der Waals surface area (Å²) >= 11 is 0. The van der Waals surface area contributed by atoms with Crippen molar-refractivity contribution < 1.29 is 4.74 Å². The molecule has 0 aliphatic heterocycles. The smallest absolute Gasteiger partial charge is 0.191 e. The van der Waals surface area contributed by atoms with Crippen LogP contribution >= 0.6 is 0 Å². The molecule has 2 N–H and O–H groups in total. The SMILES string of the molecule is CCNC(=NCc1ccccn1)NC1CC(C)(OC)C1(C)C. The van der Waals surface area contributed by atoms with Gasteiger partial charge in [-0.1, -0.05) is 19.9 Å². The molecule has 1 aromatic heterocycles. The number of methoxy groups -OCH3 is 1. The fourth-order valence-corrected chi connectivity index (χ4v) is 2.86. The van der Waals surface area contributed by atoms with Crippen molar-refractivity contribution in [2.45, 2.75) is 52.3 Å². The van der Waals surface area contributed by atoms with Gasteiger partial charge in [0.25, 0.3) is 0 Å². The molecule has 0 aromatic carbocycles. The lowest BCUT2D eigenvalue weighted by molar-refractivity contribution is -0.176. The number of hydrogen-bond acceptors (Lipinski definition) is 3. The first kappa shape index (κ1) is 16.7. The van der Waals surface area contributed by atoms with Crippen molar-refractivity contribution in [2.75, 3.05) is 13.7 Å². The molecule has 0 amide bonds. The van der Waals surface area contributed by atoms with Gasteiger partial charge in [0.15, 0.2) is 5.96 Å². The molecule has 5 nitrogen and oxygen atoms in total. The minimum Gasteiger partial charge on any atom is -0.378 e. The zero-order chi connectivity index (χ0) is 16.2. The highest BCUT2D eigenvalue weighted by Gasteiger charge is 2.58. The van der Waals surface area contributed by atoms with Crippen LogP contribution in [0.5, 0.6) is 0 Å². The molecular weight excluding hydrogens is 276 g/mol. The summed E-state index contributed by atoms with van der Waals surface area (Å²) < 4.78 is 5.68. The number of pyridine rings is 1. The number of guanidine groups is 1. The van der Waals surface area contributed by atoms with Gasteiger partial charge < -0.3 is 15.4 Å². The lowest BCUT2D eigenvalue weighted by Gasteiger charge is -2.59. The second-order valence-electron chi connectivity index (χ2n) is 6.57. The zero-order valence-corrected chi connectivity index (χ0v) is 14.3. The molecule has 2 rings (SSSR count). The molecule has 1 fully saturated rings. The quantitative estimate of drug-likeness (QED) is 0.647. The van der Waals surface area contributed by atoms with Crippen LogP contribution in [0.4, 0.5) is 0 Å². The molecule has 0 radical (unpaired) electrons. The van der Waals surface area contributed by atoms with Crippen LogP contribution < -0.4 is 10.6 Å². The molecule has 0 bridgehead atoms. The molecule has 22 heavy (non-hydrogen) atoms. The molecule has 1 aliphatic rings. The van der Waals surface area contributed by atoms with Crippen LogP contribution in [0.2, 0.25) is 0 Å². The van der Waals surface area contributed by atoms with Crippen LogP contribution in [-0.2, 0) is 11.3 Å². The Morgan fingerprint density at radius 1 is 1.41 bits per heavy atom. The fourth-order valence-electron chi connectivity index (χ4n) is 2.86. The summed E-state index contributed by atoms with van der Waals surface area (Å²) in [5.74, 6) is 0.837. The molecule has 5 heteroatoms. The monoisotopic (exact) mass is 304 g/mol. The normalized spacial score (nSPS) is 27.1. The summed E-state index contributed by atoms with van der Waals surface area (Å²) in [6.07, 6.45) is 2.77. The minimum absolute atomic E-state index is 0.0585. The lowest BCUT2D eigenvalue weighted by Crippen LogP contribution is -2.69. The van der Waals surface area contributed by atoms with Gasteiger partial charge in [0, 0.05) is 31.3 Å². The molecule has 1 heterocycles. The maximum atomic E-state index is 5.68. The molecule has 2 unspecified atom stereocenters. The Bertz CT molecular complexity index is 515. The van der Waals surface area contributed by atoms with Gasteiger partial charge in [-0.25, -0.2) is 4.99 Å². The van der Waals surface area contributed by atoms with Gasteiger partial charge in [-0.15, -0.1) is 0 Å². The van der Waals surface area contributed by atoms with Crippen molar-refractivity contribution in [2.24, 2.45) is 10.4 Å². The Balaban J connectivity index is 2.01. The Morgan fingerprint density at radius 2 is 2.18 bits per heavy atom. The van der Waals surface area contributed by atoms with E-state index in [4.69, 9.17) is 4.74 Å². The molecule has 0 spiro atoms. The second-order valence-corrected chi connectivity index (χ2v) is 6.57. The Labute approximate surface area is 133 Å². The van der Waals surface area contributed by atoms with E-state index >= 15 is 0 Å². The summed E-state index contributed by atoms with van der Waals surface area (Å²) in [4.78, 5) is 8.94. The maximum Gasteiger partial charge on any atom is 0.191 e. The second kappa shape index (κ2) is 6.65. The Kier molecular flexibility index (Phi) is 5.06. The largest absolute Gasteiger partial charge is 0.378 e. The predicted molar refractivity (Wildman–Crippen MR) is 89.8 cm³/mol. The number of aromatic nitrogens is 1. The zero-order valence-electron chi connectivity index (χ0n) is 14.3. The number of aliphatic imine (C=N–C) groups is 1. The van der Waals surface area contributed by atoms with Gasteiger partial charge in [0.2, 0.25) is 0 Å². The number of nitrogens with zero attached hydrogens (tertiary/aromatic N) is 2. The van der Waals surface area contributed by atoms with E-state index in [1.165, 1.54) is 0 Å². The van der Waals surface area contributed by atoms with Crippen LogP contribution in [0.25, 0.3) is 0 Å². The maximum absolute atomic E-state index is 5.68. The van der Waals surface area contributed by atoms with Crippen LogP contribution in [-0.4, -0.2) is 36.2 Å². The van der Waals surface area contributed by atoms with E-state index in [-0.39, 0.29) is 11.0 Å². The third-order valence-corrected chi connectivity index (χ3v) is 5.06. The fraction of sp³-hybridized carbons (Fsp3) is 0.647. The third kappa shape index (κ3) is 3.24. The van der Waals surface area contributed by atoms with E-state index in [0.717, 1.165) is 24.6 Å². The number of nitrogens with one attached hydrogen (secondary N) is 2. The van der Waals surface area contributed by atoms with Crippen molar-refractivity contribution in [3.8, 4) is 0 Å². The van der Waals surface area contributed by atoms with Crippen LogP contribution in [0.3, 0.4) is 0 Å². The van der Waals surface area contributed by atoms with Gasteiger partial charge >= 0.3 is 0 Å². The van der Waals surface area contributed by atoms with Crippen molar-refractivity contribution in [3.05, 3.63) is 30.1 Å². The molecule has 0 saturated heterocycles. The first-order valence-corrected chi connectivity index (χ1v) is 7.93. The van der Waals surface area contributed by atoms with Crippen molar-refractivity contribution in [1.29, 1.82) is 0 Å². The van der Waals surface area contributed by atoms with Crippen LogP contribution in [0, 0.1) is 5.41 Å². The van der Waals surface area contributed by atoms with E-state index in [1.54, 1.807) is 13.3 Å². The molecule has 1 aromatic rings. The van der Waals surface area contributed by atoms with Crippen molar-refractivity contribution >= 4 is 5.96 Å². The lowest BCUT2D eigenvalue weighted by atomic mass is 9.56. The molecular formula is C17H28N4O. The van der Waals surface area contributed by atoms with Gasteiger partial charge in [-0.2, -0.15) is 0 Å². The van der Waals surface area contributed by atoms with Crippen molar-refractivity contribution in [1.82, 2.24) is 15.6 Å². The van der Waals surface area contributed by atoms with Crippen LogP contribution in [0.1, 0.15) is 39.8 Å². The summed E-state index contributed by atoms with van der Waals surface area (Å²) in [5.41, 5.74) is 0.945. The highest BCUT2D eigenvalue weighted by atomic mass is 16.5. The summed E-state index contributed by atoms with van der Waals surface area (Å²) in [6, 6.07) is 6.23. The first-order chi connectivity index (χ1) is 10.4. The van der Waals surface area contributed by atoms with Crippen molar-refractivity contribution in [3.63, 3.8) is 0 Å². The first-order valence-electron chi connectivity index (χ1n) is 7.93. The van der Waals surface area contributed by atoms with Gasteiger partial charge in [-0.05, 0) is 32.4 Å². The van der Waals surface area contributed by atoms with E-state index in [0.29, 0.717) is 12.6 Å². The minimum atomic E-state index is -0.0804. The van der Waals surface area contributed by atoms with Gasteiger partial charge in [0.05, 0.1) is 17.8 Å². The Hall–Kier alpha value is -1.62. The van der Waals surface area contributed by atoms with Gasteiger partial charge in [-0.3, -0.25) is 4.98 Å². The van der Waals surface area contributed by atoms with E-state index in [2.05, 4.69) is 48.3 Å². The molecule has 122 valence electrons. The highest BCUT2D eigenvalue weighted by molar-refractivity contribution is 5.80. The van der Waals surface area contributed by atoms with E-state index in [9.17, 15) is 0 Å². The van der Waals surface area contributed by atoms with Crippen LogP contribution in [0.15, 0.2) is 29.4 Å². The predicted octanol–water partition coefficient (Wildman–Crippen LogP) is 2.34. The summed E-state index contributed by atoms with van der Waals surface area (Å²) in [7, 11) is 1.79. The summed E-state index contributed by atoms with van der Waals surface area (Å²) in [6.45, 7) is 10.1. The number of rotatable bonds is 5. The third-order valence-electron chi connectivity index (χ3n) is 5.06. The molecule has 2 atom stereocenters. The Morgan fingerprint density at radius 3 is 2.73 bits per heavy atom. The van der Waals surface area contributed by atoms with Gasteiger partial charge in [0.1, 0.15) is 0 Å². The standard InChI is InChI=1S/C17H28N4O/c1-6-18-15(20-12-13-9-7-8-10-19-13)21-14-11-17(4,22-5)16(14,2)3/h7-10,14H,6,11-12H2,1-5H3,(H2,18,20,21). The average molecular weight is 304 g/mol.